The van der Waals surface area contributed by atoms with E-state index in [9.17, 15) is 9.59 Å². The van der Waals surface area contributed by atoms with Gasteiger partial charge in [0.15, 0.2) is 0 Å². The van der Waals surface area contributed by atoms with E-state index in [0.717, 1.165) is 0 Å². The zero-order chi connectivity index (χ0) is 15.9. The van der Waals surface area contributed by atoms with Crippen LogP contribution in [0.15, 0.2) is 48.5 Å². The highest BCUT2D eigenvalue weighted by molar-refractivity contribution is 6.43. The Labute approximate surface area is 127 Å². The van der Waals surface area contributed by atoms with Crippen molar-refractivity contribution >= 4 is 23.2 Å². The molecule has 0 fully saturated rings. The number of anilines is 2. The first-order valence-corrected chi connectivity index (χ1v) is 6.40. The summed E-state index contributed by atoms with van der Waals surface area (Å²) in [6.07, 6.45) is 0. The van der Waals surface area contributed by atoms with E-state index in [1.807, 2.05) is 6.07 Å². The largest absolute Gasteiger partial charge is 0.495 e. The molecule has 2 aromatic carbocycles. The highest BCUT2D eigenvalue weighted by Crippen LogP contribution is 2.23. The molecule has 0 saturated heterocycles. The number of para-hydroxylation sites is 3. The van der Waals surface area contributed by atoms with Crippen molar-refractivity contribution in [1.29, 1.82) is 5.26 Å². The summed E-state index contributed by atoms with van der Waals surface area (Å²) in [4.78, 5) is 23.8. The second-order valence-electron chi connectivity index (χ2n) is 4.27. The maximum absolute atomic E-state index is 11.9. The zero-order valence-electron chi connectivity index (χ0n) is 11.8. The minimum absolute atomic E-state index is 0.279. The number of methoxy groups -OCH3 is 1. The number of amides is 2. The molecule has 0 unspecified atom stereocenters. The van der Waals surface area contributed by atoms with E-state index >= 15 is 0 Å². The standard InChI is InChI=1S/C16H13N3O3/c1-22-14-9-5-4-8-13(14)19-16(21)15(20)18-12-7-3-2-6-11(12)10-17/h2-9H,1H3,(H,18,20)(H,19,21). The first kappa shape index (κ1) is 15.1. The van der Waals surface area contributed by atoms with Gasteiger partial charge in [-0.25, -0.2) is 0 Å². The van der Waals surface area contributed by atoms with Crippen LogP contribution in [0.25, 0.3) is 0 Å². The topological polar surface area (TPSA) is 91.2 Å². The fraction of sp³-hybridized carbons (Fsp3) is 0.0625. The molecule has 2 aromatic rings. The van der Waals surface area contributed by atoms with Crippen LogP contribution in [0.5, 0.6) is 5.75 Å². The Bertz CT molecular complexity index is 750. The summed E-state index contributed by atoms with van der Waals surface area (Å²) in [5.41, 5.74) is 0.949. The Morgan fingerprint density at radius 3 is 2.14 bits per heavy atom. The number of hydrogen-bond acceptors (Lipinski definition) is 4. The second-order valence-corrected chi connectivity index (χ2v) is 4.27. The summed E-state index contributed by atoms with van der Waals surface area (Å²) in [5, 5.41) is 13.8. The lowest BCUT2D eigenvalue weighted by Gasteiger charge is -2.10. The molecule has 110 valence electrons. The lowest BCUT2D eigenvalue weighted by Crippen LogP contribution is -2.29. The number of benzene rings is 2. The Balaban J connectivity index is 2.10. The Morgan fingerprint density at radius 1 is 0.955 bits per heavy atom. The predicted octanol–water partition coefficient (Wildman–Crippen LogP) is 2.14. The van der Waals surface area contributed by atoms with Crippen molar-refractivity contribution in [2.45, 2.75) is 0 Å². The van der Waals surface area contributed by atoms with E-state index < -0.39 is 11.8 Å². The van der Waals surface area contributed by atoms with Crippen LogP contribution in [-0.4, -0.2) is 18.9 Å². The molecule has 0 saturated carbocycles. The molecule has 0 aromatic heterocycles. The molecular formula is C16H13N3O3. The minimum atomic E-state index is -0.867. The Morgan fingerprint density at radius 2 is 1.50 bits per heavy atom. The summed E-state index contributed by atoms with van der Waals surface area (Å²) in [6, 6.07) is 15.1. The second kappa shape index (κ2) is 6.90. The van der Waals surface area contributed by atoms with Crippen molar-refractivity contribution < 1.29 is 14.3 Å². The van der Waals surface area contributed by atoms with Gasteiger partial charge in [0.2, 0.25) is 0 Å². The summed E-state index contributed by atoms with van der Waals surface area (Å²) in [5.74, 6) is -1.27. The van der Waals surface area contributed by atoms with Gasteiger partial charge in [-0.2, -0.15) is 5.26 Å². The summed E-state index contributed by atoms with van der Waals surface area (Å²) in [7, 11) is 1.47. The number of carbonyl (C=O) groups excluding carboxylic acids is 2. The van der Waals surface area contributed by atoms with Gasteiger partial charge in [-0.1, -0.05) is 24.3 Å². The van der Waals surface area contributed by atoms with Crippen molar-refractivity contribution in [3.63, 3.8) is 0 Å². The summed E-state index contributed by atoms with van der Waals surface area (Å²) < 4.78 is 5.09. The highest BCUT2D eigenvalue weighted by Gasteiger charge is 2.17. The summed E-state index contributed by atoms with van der Waals surface area (Å²) in [6.45, 7) is 0. The van der Waals surface area contributed by atoms with E-state index in [1.165, 1.54) is 7.11 Å². The van der Waals surface area contributed by atoms with Crippen LogP contribution in [0.3, 0.4) is 0 Å². The third-order valence-electron chi connectivity index (χ3n) is 2.86. The third kappa shape index (κ3) is 3.41. The molecule has 6 nitrogen and oxygen atoms in total. The molecule has 0 bridgehead atoms. The molecule has 0 aliphatic rings. The normalized spacial score (nSPS) is 9.45. The first-order valence-electron chi connectivity index (χ1n) is 6.40. The van der Waals surface area contributed by atoms with Gasteiger partial charge in [0, 0.05) is 0 Å². The molecule has 0 spiro atoms. The van der Waals surface area contributed by atoms with E-state index in [-0.39, 0.29) is 11.3 Å². The number of carbonyl (C=O) groups is 2. The smallest absolute Gasteiger partial charge is 0.314 e. The number of ether oxygens (including phenoxy) is 1. The van der Waals surface area contributed by atoms with E-state index in [4.69, 9.17) is 10.00 Å². The zero-order valence-corrected chi connectivity index (χ0v) is 11.8. The van der Waals surface area contributed by atoms with E-state index in [2.05, 4.69) is 10.6 Å². The van der Waals surface area contributed by atoms with Crippen LogP contribution >= 0.6 is 0 Å². The first-order chi connectivity index (χ1) is 10.7. The van der Waals surface area contributed by atoms with Gasteiger partial charge in [0.1, 0.15) is 11.8 Å². The molecule has 0 aliphatic heterocycles. The molecule has 2 amide bonds. The van der Waals surface area contributed by atoms with Gasteiger partial charge in [0.05, 0.1) is 24.0 Å². The van der Waals surface area contributed by atoms with Crippen molar-refractivity contribution in [3.8, 4) is 11.8 Å². The SMILES string of the molecule is COc1ccccc1NC(=O)C(=O)Nc1ccccc1C#N. The third-order valence-corrected chi connectivity index (χ3v) is 2.86. The average Bonchev–Trinajstić information content (AvgIpc) is 2.55. The number of nitrogens with one attached hydrogen (secondary N) is 2. The van der Waals surface area contributed by atoms with Crippen LogP contribution in [0, 0.1) is 11.3 Å². The Kier molecular flexibility index (Phi) is 4.73. The molecule has 22 heavy (non-hydrogen) atoms. The minimum Gasteiger partial charge on any atom is -0.495 e. The maximum Gasteiger partial charge on any atom is 0.314 e. The lowest BCUT2D eigenvalue weighted by atomic mass is 10.2. The van der Waals surface area contributed by atoms with Crippen LogP contribution < -0.4 is 15.4 Å². The molecule has 0 heterocycles. The maximum atomic E-state index is 11.9. The summed E-state index contributed by atoms with van der Waals surface area (Å²) >= 11 is 0. The lowest BCUT2D eigenvalue weighted by molar-refractivity contribution is -0.133. The van der Waals surface area contributed by atoms with Gasteiger partial charge >= 0.3 is 11.8 Å². The van der Waals surface area contributed by atoms with Gasteiger partial charge in [-0.3, -0.25) is 9.59 Å². The molecular weight excluding hydrogens is 282 g/mol. The van der Waals surface area contributed by atoms with Crippen molar-refractivity contribution in [2.24, 2.45) is 0 Å². The van der Waals surface area contributed by atoms with E-state index in [0.29, 0.717) is 11.4 Å². The van der Waals surface area contributed by atoms with Crippen LogP contribution in [0.2, 0.25) is 0 Å². The molecule has 2 N–H and O–H groups in total. The van der Waals surface area contributed by atoms with E-state index in [1.54, 1.807) is 48.5 Å². The number of hydrogen-bond donors (Lipinski definition) is 2. The van der Waals surface area contributed by atoms with Gasteiger partial charge in [-0.05, 0) is 24.3 Å². The molecule has 2 rings (SSSR count). The predicted molar refractivity (Wildman–Crippen MR) is 81.4 cm³/mol. The number of nitriles is 1. The molecule has 6 heteroatoms. The van der Waals surface area contributed by atoms with Crippen molar-refractivity contribution in [1.82, 2.24) is 0 Å². The average molecular weight is 295 g/mol. The van der Waals surface area contributed by atoms with Crippen molar-refractivity contribution in [2.75, 3.05) is 17.7 Å². The van der Waals surface area contributed by atoms with Gasteiger partial charge in [-0.15, -0.1) is 0 Å². The quantitative estimate of drug-likeness (QED) is 0.849. The van der Waals surface area contributed by atoms with Gasteiger partial charge < -0.3 is 15.4 Å². The fourth-order valence-corrected chi connectivity index (χ4v) is 1.80. The number of nitrogens with zero attached hydrogens (tertiary/aromatic N) is 1. The monoisotopic (exact) mass is 295 g/mol. The molecule has 0 aliphatic carbocycles. The van der Waals surface area contributed by atoms with Crippen LogP contribution in [-0.2, 0) is 9.59 Å². The molecule has 0 radical (unpaired) electrons. The van der Waals surface area contributed by atoms with Crippen molar-refractivity contribution in [3.05, 3.63) is 54.1 Å². The Hall–Kier alpha value is -3.33. The van der Waals surface area contributed by atoms with Crippen LogP contribution in [0.1, 0.15) is 5.56 Å². The van der Waals surface area contributed by atoms with Crippen LogP contribution in [0.4, 0.5) is 11.4 Å². The number of rotatable bonds is 3. The molecule has 0 atom stereocenters. The van der Waals surface area contributed by atoms with Gasteiger partial charge in [0.25, 0.3) is 0 Å². The highest BCUT2D eigenvalue weighted by atomic mass is 16.5. The fourth-order valence-electron chi connectivity index (χ4n) is 1.80.